The van der Waals surface area contributed by atoms with Crippen LogP contribution in [0.1, 0.15) is 43.3 Å². The predicted octanol–water partition coefficient (Wildman–Crippen LogP) is 2.64. The van der Waals surface area contributed by atoms with Gasteiger partial charge in [-0.3, -0.25) is 9.79 Å². The minimum absolute atomic E-state index is 0. The SMILES string of the molecule is CCc1nc(CNC(=NC)NC2CCCC(C(=O)N(C)C)C2)cs1.I. The zero-order valence-electron chi connectivity index (χ0n) is 15.5. The quantitative estimate of drug-likeness (QED) is 0.387. The molecule has 8 heteroatoms. The minimum Gasteiger partial charge on any atom is -0.354 e. The van der Waals surface area contributed by atoms with Crippen LogP contribution in [-0.4, -0.2) is 48.9 Å². The molecule has 1 saturated carbocycles. The summed E-state index contributed by atoms with van der Waals surface area (Å²) in [5, 5.41) is 10.0. The number of rotatable bonds is 5. The molecule has 0 spiro atoms. The second kappa shape index (κ2) is 10.9. The number of aryl methyl sites for hydroxylation is 1. The van der Waals surface area contributed by atoms with Crippen molar-refractivity contribution in [3.8, 4) is 0 Å². The number of amides is 1. The summed E-state index contributed by atoms with van der Waals surface area (Å²) in [6, 6.07) is 0.292. The largest absolute Gasteiger partial charge is 0.354 e. The molecular formula is C17H30IN5OS. The highest BCUT2D eigenvalue weighted by Gasteiger charge is 2.28. The smallest absolute Gasteiger partial charge is 0.225 e. The van der Waals surface area contributed by atoms with E-state index < -0.39 is 0 Å². The van der Waals surface area contributed by atoms with Crippen LogP contribution in [0.15, 0.2) is 10.4 Å². The third-order valence-electron chi connectivity index (χ3n) is 4.37. The standard InChI is InChI=1S/C17H29N5OS.HI/c1-5-15-20-14(11-24-15)10-19-17(18-2)21-13-8-6-7-12(9-13)16(23)22(3)4;/h11-13H,5-10H2,1-4H3,(H2,18,19,21);1H. The molecule has 1 aromatic rings. The monoisotopic (exact) mass is 479 g/mol. The van der Waals surface area contributed by atoms with Crippen molar-refractivity contribution in [1.29, 1.82) is 0 Å². The molecule has 2 unspecified atom stereocenters. The molecule has 25 heavy (non-hydrogen) atoms. The number of halogens is 1. The van der Waals surface area contributed by atoms with Crippen molar-refractivity contribution >= 4 is 47.2 Å². The highest BCUT2D eigenvalue weighted by Crippen LogP contribution is 2.25. The Labute approximate surface area is 171 Å². The van der Waals surface area contributed by atoms with Crippen LogP contribution in [0.5, 0.6) is 0 Å². The summed E-state index contributed by atoms with van der Waals surface area (Å²) in [5.74, 6) is 1.14. The van der Waals surface area contributed by atoms with Gasteiger partial charge in [0.15, 0.2) is 5.96 Å². The van der Waals surface area contributed by atoms with Crippen LogP contribution in [0.2, 0.25) is 0 Å². The minimum atomic E-state index is 0. The number of thiazole rings is 1. The lowest BCUT2D eigenvalue weighted by Gasteiger charge is -2.31. The van der Waals surface area contributed by atoms with Crippen LogP contribution < -0.4 is 10.6 Å². The Kier molecular flexibility index (Phi) is 9.70. The number of carbonyl (C=O) groups excluding carboxylic acids is 1. The number of hydrogen-bond donors (Lipinski definition) is 2. The Morgan fingerprint density at radius 2 is 2.20 bits per heavy atom. The molecule has 2 atom stereocenters. The predicted molar refractivity (Wildman–Crippen MR) is 115 cm³/mol. The molecule has 0 saturated heterocycles. The molecular weight excluding hydrogens is 449 g/mol. The van der Waals surface area contributed by atoms with Gasteiger partial charge in [-0.05, 0) is 25.7 Å². The summed E-state index contributed by atoms with van der Waals surface area (Å²) < 4.78 is 0. The van der Waals surface area contributed by atoms with Crippen LogP contribution in [0.4, 0.5) is 0 Å². The van der Waals surface area contributed by atoms with Gasteiger partial charge in [0.1, 0.15) is 0 Å². The second-order valence-electron chi connectivity index (χ2n) is 6.45. The third kappa shape index (κ3) is 6.73. The van der Waals surface area contributed by atoms with Crippen LogP contribution in [0, 0.1) is 5.92 Å². The number of aromatic nitrogens is 1. The first-order valence-corrected chi connectivity index (χ1v) is 9.53. The number of aliphatic imine (C=N–C) groups is 1. The fourth-order valence-corrected chi connectivity index (χ4v) is 3.81. The Balaban J connectivity index is 0.00000312. The second-order valence-corrected chi connectivity index (χ2v) is 7.39. The molecule has 1 amide bonds. The average molecular weight is 479 g/mol. The van der Waals surface area contributed by atoms with E-state index in [-0.39, 0.29) is 35.8 Å². The van der Waals surface area contributed by atoms with Gasteiger partial charge in [0.2, 0.25) is 5.91 Å². The van der Waals surface area contributed by atoms with E-state index in [2.05, 4.69) is 32.9 Å². The first-order chi connectivity index (χ1) is 11.5. The van der Waals surface area contributed by atoms with E-state index in [1.807, 2.05) is 14.1 Å². The summed E-state index contributed by atoms with van der Waals surface area (Å²) in [4.78, 5) is 22.8. The van der Waals surface area contributed by atoms with Crippen molar-refractivity contribution in [1.82, 2.24) is 20.5 Å². The van der Waals surface area contributed by atoms with Crippen LogP contribution >= 0.6 is 35.3 Å². The van der Waals surface area contributed by atoms with Crippen molar-refractivity contribution in [3.63, 3.8) is 0 Å². The summed E-state index contributed by atoms with van der Waals surface area (Å²) in [6.07, 6.45) is 4.98. The number of nitrogens with one attached hydrogen (secondary N) is 2. The zero-order chi connectivity index (χ0) is 17.5. The van der Waals surface area contributed by atoms with Crippen molar-refractivity contribution < 1.29 is 4.79 Å². The maximum Gasteiger partial charge on any atom is 0.225 e. The lowest BCUT2D eigenvalue weighted by molar-refractivity contribution is -0.134. The maximum absolute atomic E-state index is 12.2. The van der Waals surface area contributed by atoms with Crippen LogP contribution in [0.3, 0.4) is 0 Å². The number of nitrogens with zero attached hydrogens (tertiary/aromatic N) is 3. The molecule has 1 heterocycles. The Bertz CT molecular complexity index is 575. The fraction of sp³-hybridized carbons (Fsp3) is 0.706. The van der Waals surface area contributed by atoms with Crippen LogP contribution in [-0.2, 0) is 17.8 Å². The van der Waals surface area contributed by atoms with Crippen molar-refractivity contribution in [3.05, 3.63) is 16.1 Å². The van der Waals surface area contributed by atoms with Crippen molar-refractivity contribution in [2.24, 2.45) is 10.9 Å². The highest BCUT2D eigenvalue weighted by atomic mass is 127. The van der Waals surface area contributed by atoms with E-state index in [1.54, 1.807) is 23.3 Å². The highest BCUT2D eigenvalue weighted by molar-refractivity contribution is 14.0. The molecule has 0 aromatic carbocycles. The van der Waals surface area contributed by atoms with Gasteiger partial charge in [0, 0.05) is 38.5 Å². The summed E-state index contributed by atoms with van der Waals surface area (Å²) in [5.41, 5.74) is 1.05. The normalized spacial score (nSPS) is 20.6. The molecule has 0 radical (unpaired) electrons. The van der Waals surface area contributed by atoms with Crippen molar-refractivity contribution in [2.75, 3.05) is 21.1 Å². The maximum atomic E-state index is 12.2. The number of hydrogen-bond acceptors (Lipinski definition) is 4. The molecule has 2 rings (SSSR count). The Hall–Kier alpha value is -0.900. The molecule has 2 N–H and O–H groups in total. The molecule has 0 aliphatic heterocycles. The van der Waals surface area contributed by atoms with Gasteiger partial charge in [0.25, 0.3) is 0 Å². The van der Waals surface area contributed by atoms with Gasteiger partial charge in [-0.15, -0.1) is 35.3 Å². The molecule has 1 aromatic heterocycles. The molecule has 6 nitrogen and oxygen atoms in total. The Morgan fingerprint density at radius 1 is 1.44 bits per heavy atom. The lowest BCUT2D eigenvalue weighted by Crippen LogP contribution is -2.46. The van der Waals surface area contributed by atoms with E-state index in [0.29, 0.717) is 12.6 Å². The van der Waals surface area contributed by atoms with E-state index >= 15 is 0 Å². The number of carbonyl (C=O) groups is 1. The van der Waals surface area contributed by atoms with Gasteiger partial charge in [-0.1, -0.05) is 13.3 Å². The third-order valence-corrected chi connectivity index (χ3v) is 5.41. The van der Waals surface area contributed by atoms with Gasteiger partial charge >= 0.3 is 0 Å². The zero-order valence-corrected chi connectivity index (χ0v) is 18.7. The lowest BCUT2D eigenvalue weighted by atomic mass is 9.85. The fourth-order valence-electron chi connectivity index (χ4n) is 3.07. The van der Waals surface area contributed by atoms with Crippen LogP contribution in [0.25, 0.3) is 0 Å². The molecule has 0 bridgehead atoms. The summed E-state index contributed by atoms with van der Waals surface area (Å²) >= 11 is 1.70. The summed E-state index contributed by atoms with van der Waals surface area (Å²) in [7, 11) is 5.44. The van der Waals surface area contributed by atoms with E-state index in [1.165, 1.54) is 0 Å². The average Bonchev–Trinajstić information content (AvgIpc) is 3.06. The first kappa shape index (κ1) is 22.1. The Morgan fingerprint density at radius 3 is 2.80 bits per heavy atom. The number of guanidine groups is 1. The topological polar surface area (TPSA) is 69.6 Å². The van der Waals surface area contributed by atoms with Gasteiger partial charge in [-0.25, -0.2) is 4.98 Å². The van der Waals surface area contributed by atoms with E-state index in [4.69, 9.17) is 0 Å². The van der Waals surface area contributed by atoms with E-state index in [9.17, 15) is 4.79 Å². The summed E-state index contributed by atoms with van der Waals surface area (Å²) in [6.45, 7) is 2.79. The van der Waals surface area contributed by atoms with E-state index in [0.717, 1.165) is 48.8 Å². The molecule has 1 aliphatic rings. The van der Waals surface area contributed by atoms with Gasteiger partial charge < -0.3 is 15.5 Å². The van der Waals surface area contributed by atoms with Gasteiger partial charge in [0.05, 0.1) is 17.2 Å². The van der Waals surface area contributed by atoms with Gasteiger partial charge in [-0.2, -0.15) is 0 Å². The molecule has 142 valence electrons. The molecule has 1 aliphatic carbocycles. The first-order valence-electron chi connectivity index (χ1n) is 8.65. The molecule has 1 fully saturated rings. The van der Waals surface area contributed by atoms with Crippen molar-refractivity contribution in [2.45, 2.75) is 51.6 Å².